The van der Waals surface area contributed by atoms with E-state index >= 15 is 0 Å². The van der Waals surface area contributed by atoms with Gasteiger partial charge in [0.2, 0.25) is 0 Å². The number of carbonyl (C=O) groups is 1. The minimum absolute atomic E-state index is 0.193. The van der Waals surface area contributed by atoms with Gasteiger partial charge in [0.1, 0.15) is 6.04 Å². The van der Waals surface area contributed by atoms with Crippen molar-refractivity contribution in [3.05, 3.63) is 45.3 Å². The summed E-state index contributed by atoms with van der Waals surface area (Å²) in [6.07, 6.45) is 6.40. The molecule has 0 aromatic carbocycles. The molecule has 1 N–H and O–H groups in total. The second kappa shape index (κ2) is 2.47. The molecule has 0 saturated carbocycles. The first-order chi connectivity index (χ1) is 7.18. The van der Waals surface area contributed by atoms with Gasteiger partial charge in [-0.05, 0) is 6.08 Å². The highest BCUT2D eigenvalue weighted by molar-refractivity contribution is 5.95. The van der Waals surface area contributed by atoms with Gasteiger partial charge < -0.3 is 0 Å². The van der Waals surface area contributed by atoms with Crippen molar-refractivity contribution >= 4 is 5.78 Å². The van der Waals surface area contributed by atoms with Crippen LogP contribution in [0.3, 0.4) is 0 Å². The van der Waals surface area contributed by atoms with Crippen molar-refractivity contribution in [3.8, 4) is 0 Å². The predicted molar refractivity (Wildman–Crippen MR) is 50.7 cm³/mol. The summed E-state index contributed by atoms with van der Waals surface area (Å²) in [6, 6.07) is -1.04. The number of aromatic nitrogens is 3. The lowest BCUT2D eigenvalue weighted by Gasteiger charge is -2.20. The average Bonchev–Trinajstić information content (AvgIpc) is 2.39. The molecule has 3 aliphatic rings. The number of rotatable bonds is 0. The lowest BCUT2D eigenvalue weighted by atomic mass is 10.2. The monoisotopic (exact) mass is 205 g/mol. The molecule has 76 valence electrons. The Balaban J connectivity index is 2.44. The van der Waals surface area contributed by atoms with Crippen molar-refractivity contribution in [1.82, 2.24) is 14.3 Å². The van der Waals surface area contributed by atoms with Crippen molar-refractivity contribution in [2.24, 2.45) is 0 Å². The summed E-state index contributed by atoms with van der Waals surface area (Å²) in [5.41, 5.74) is -1.03. The summed E-state index contributed by atoms with van der Waals surface area (Å²) >= 11 is 0. The molecule has 0 fully saturated rings. The van der Waals surface area contributed by atoms with Gasteiger partial charge in [-0.25, -0.2) is 19.0 Å². The minimum atomic E-state index is -0.688. The molecule has 6 nitrogen and oxygen atoms in total. The first-order valence-corrected chi connectivity index (χ1v) is 4.52. The van der Waals surface area contributed by atoms with E-state index in [1.54, 1.807) is 18.2 Å². The van der Waals surface area contributed by atoms with Crippen molar-refractivity contribution < 1.29 is 4.79 Å². The maximum atomic E-state index is 11.6. The zero-order valence-corrected chi connectivity index (χ0v) is 7.58. The molecule has 2 bridgehead atoms. The molecule has 2 atom stereocenters. The van der Waals surface area contributed by atoms with Crippen LogP contribution in [-0.4, -0.2) is 20.1 Å². The first-order valence-electron chi connectivity index (χ1n) is 4.52. The molecule has 0 unspecified atom stereocenters. The number of H-pyrrole nitrogens is 1. The molecule has 1 aliphatic carbocycles. The molecule has 0 saturated heterocycles. The summed E-state index contributed by atoms with van der Waals surface area (Å²) in [6.45, 7) is 0. The smallest absolute Gasteiger partial charge is 0.292 e. The van der Waals surface area contributed by atoms with E-state index in [9.17, 15) is 14.4 Å². The number of fused-ring (bicyclic) bond motifs is 1. The number of ketones is 1. The summed E-state index contributed by atoms with van der Waals surface area (Å²) < 4.78 is 2.42. The number of allylic oxidation sites excluding steroid dienone is 4. The number of hydrogen-bond acceptors (Lipinski definition) is 3. The van der Waals surface area contributed by atoms with Crippen molar-refractivity contribution in [2.45, 2.75) is 12.1 Å². The van der Waals surface area contributed by atoms with Gasteiger partial charge in [0.05, 0.1) is 6.04 Å². The van der Waals surface area contributed by atoms with Crippen molar-refractivity contribution in [3.63, 3.8) is 0 Å². The Bertz CT molecular complexity index is 613. The SMILES string of the molecule is O=C1C=C[C@@H]2C=C[C@@H]1n1c(=O)[nH]c(=O)n12. The second-order valence-electron chi connectivity index (χ2n) is 3.51. The van der Waals surface area contributed by atoms with Crippen LogP contribution in [-0.2, 0) is 4.79 Å². The van der Waals surface area contributed by atoms with Crippen LogP contribution in [0.15, 0.2) is 33.9 Å². The van der Waals surface area contributed by atoms with E-state index in [-0.39, 0.29) is 11.8 Å². The molecule has 6 heteroatoms. The highest BCUT2D eigenvalue weighted by Gasteiger charge is 2.30. The molecule has 4 rings (SSSR count). The summed E-state index contributed by atoms with van der Waals surface area (Å²) in [5.74, 6) is -0.193. The molecular weight excluding hydrogens is 198 g/mol. The fourth-order valence-corrected chi connectivity index (χ4v) is 1.98. The maximum Gasteiger partial charge on any atom is 0.345 e. The summed E-state index contributed by atoms with van der Waals surface area (Å²) in [4.78, 5) is 36.6. The maximum absolute atomic E-state index is 11.6. The van der Waals surface area contributed by atoms with E-state index in [4.69, 9.17) is 0 Å². The molecule has 1 aromatic heterocycles. The second-order valence-corrected chi connectivity index (χ2v) is 3.51. The van der Waals surface area contributed by atoms with Crippen LogP contribution in [0.2, 0.25) is 0 Å². The van der Waals surface area contributed by atoms with Gasteiger partial charge in [-0.1, -0.05) is 18.2 Å². The van der Waals surface area contributed by atoms with Crippen molar-refractivity contribution in [1.29, 1.82) is 0 Å². The molecule has 1 aromatic rings. The van der Waals surface area contributed by atoms with E-state index in [0.29, 0.717) is 0 Å². The highest BCUT2D eigenvalue weighted by Crippen LogP contribution is 2.23. The Labute approximate surface area is 83.1 Å². The third-order valence-electron chi connectivity index (χ3n) is 2.65. The van der Waals surface area contributed by atoms with Crippen LogP contribution in [0.1, 0.15) is 12.1 Å². The van der Waals surface area contributed by atoms with E-state index in [0.717, 1.165) is 4.68 Å². The van der Waals surface area contributed by atoms with E-state index < -0.39 is 17.4 Å². The third kappa shape index (κ3) is 0.903. The van der Waals surface area contributed by atoms with Crippen LogP contribution < -0.4 is 11.4 Å². The Morgan fingerprint density at radius 1 is 1.00 bits per heavy atom. The molecule has 0 radical (unpaired) electrons. The Hall–Kier alpha value is -2.11. The Morgan fingerprint density at radius 3 is 2.53 bits per heavy atom. The fourth-order valence-electron chi connectivity index (χ4n) is 1.98. The number of carbonyl (C=O) groups excluding carboxylic acids is 1. The highest BCUT2D eigenvalue weighted by atomic mass is 16.2. The Kier molecular flexibility index (Phi) is 1.35. The van der Waals surface area contributed by atoms with E-state index in [1.165, 1.54) is 10.8 Å². The normalized spacial score (nSPS) is 26.8. The van der Waals surface area contributed by atoms with Crippen LogP contribution in [0.4, 0.5) is 0 Å². The zero-order chi connectivity index (χ0) is 10.6. The summed E-state index contributed by atoms with van der Waals surface area (Å²) in [7, 11) is 0. The molecule has 0 spiro atoms. The van der Waals surface area contributed by atoms with Gasteiger partial charge in [-0.3, -0.25) is 9.78 Å². The topological polar surface area (TPSA) is 76.9 Å². The van der Waals surface area contributed by atoms with Crippen molar-refractivity contribution in [2.75, 3.05) is 0 Å². The lowest BCUT2D eigenvalue weighted by Crippen LogP contribution is -2.35. The predicted octanol–water partition coefficient (Wildman–Crippen LogP) is -0.871. The minimum Gasteiger partial charge on any atom is -0.292 e. The zero-order valence-electron chi connectivity index (χ0n) is 7.58. The Morgan fingerprint density at radius 2 is 1.73 bits per heavy atom. The largest absolute Gasteiger partial charge is 0.345 e. The number of nitrogens with one attached hydrogen (secondary N) is 1. The van der Waals surface area contributed by atoms with Gasteiger partial charge in [-0.2, -0.15) is 0 Å². The number of aromatic amines is 1. The van der Waals surface area contributed by atoms with Gasteiger partial charge >= 0.3 is 11.4 Å². The molecule has 3 heterocycles. The third-order valence-corrected chi connectivity index (χ3v) is 2.65. The van der Waals surface area contributed by atoms with Crippen LogP contribution >= 0.6 is 0 Å². The number of hydrogen-bond donors (Lipinski definition) is 1. The molecule has 0 amide bonds. The molecule has 2 aliphatic heterocycles. The first kappa shape index (κ1) is 8.22. The molecule has 15 heavy (non-hydrogen) atoms. The lowest BCUT2D eigenvalue weighted by molar-refractivity contribution is -0.116. The fraction of sp³-hybridized carbons (Fsp3) is 0.222. The van der Waals surface area contributed by atoms with Crippen LogP contribution in [0, 0.1) is 0 Å². The average molecular weight is 205 g/mol. The van der Waals surface area contributed by atoms with Gasteiger partial charge in [0, 0.05) is 0 Å². The van der Waals surface area contributed by atoms with E-state index in [2.05, 4.69) is 4.98 Å². The van der Waals surface area contributed by atoms with Gasteiger partial charge in [-0.15, -0.1) is 0 Å². The van der Waals surface area contributed by atoms with Gasteiger partial charge in [0.25, 0.3) is 0 Å². The molecular formula is C9H7N3O3. The summed E-state index contributed by atoms with van der Waals surface area (Å²) in [5, 5.41) is 0. The van der Waals surface area contributed by atoms with Crippen LogP contribution in [0.25, 0.3) is 0 Å². The van der Waals surface area contributed by atoms with Gasteiger partial charge in [0.15, 0.2) is 5.78 Å². The van der Waals surface area contributed by atoms with Crippen LogP contribution in [0.5, 0.6) is 0 Å². The number of nitrogens with zero attached hydrogens (tertiary/aromatic N) is 2. The standard InChI is InChI=1S/C9H7N3O3/c13-7-4-2-5-1-3-6(7)12-9(15)10-8(14)11(5)12/h1-6H,(H,10,14,15)/t5-,6-/m0/s1. The quantitative estimate of drug-likeness (QED) is 0.559. The van der Waals surface area contributed by atoms with E-state index in [1.807, 2.05) is 0 Å².